The average Bonchev–Trinajstić information content (AvgIpc) is 3.60. The van der Waals surface area contributed by atoms with E-state index in [0.29, 0.717) is 21.4 Å². The second-order valence-electron chi connectivity index (χ2n) is 11.0. The lowest BCUT2D eigenvalue weighted by Gasteiger charge is -2.29. The van der Waals surface area contributed by atoms with Crippen LogP contribution in [-0.4, -0.2) is 65.9 Å². The van der Waals surface area contributed by atoms with Gasteiger partial charge in [0, 0.05) is 23.5 Å². The van der Waals surface area contributed by atoms with Crippen LogP contribution >= 0.6 is 11.6 Å². The Morgan fingerprint density at radius 2 is 1.82 bits per heavy atom. The van der Waals surface area contributed by atoms with Gasteiger partial charge in [-0.2, -0.15) is 37.0 Å². The third kappa shape index (κ3) is 6.44. The van der Waals surface area contributed by atoms with E-state index in [-0.39, 0.29) is 46.6 Å². The molecule has 2 aromatic heterocycles. The fourth-order valence-electron chi connectivity index (χ4n) is 5.23. The molecule has 1 aliphatic heterocycles. The van der Waals surface area contributed by atoms with Gasteiger partial charge in [-0.3, -0.25) is 9.69 Å². The van der Waals surface area contributed by atoms with E-state index in [1.54, 1.807) is 24.3 Å². The normalized spacial score (nSPS) is 17.4. The lowest BCUT2D eigenvalue weighted by molar-refractivity contribution is -0.164. The van der Waals surface area contributed by atoms with Crippen molar-refractivity contribution in [3.8, 4) is 28.6 Å². The van der Waals surface area contributed by atoms with Crippen LogP contribution in [0.3, 0.4) is 0 Å². The summed E-state index contributed by atoms with van der Waals surface area (Å²) in [7, 11) is 0. The molecule has 1 aliphatic carbocycles. The fourth-order valence-corrected chi connectivity index (χ4v) is 5.44. The molecule has 0 unspecified atom stereocenters. The number of rotatable bonds is 9. The van der Waals surface area contributed by atoms with Gasteiger partial charge >= 0.3 is 18.8 Å². The van der Waals surface area contributed by atoms with Crippen molar-refractivity contribution in [1.82, 2.24) is 34.9 Å². The van der Waals surface area contributed by atoms with Crippen LogP contribution in [0.2, 0.25) is 5.02 Å². The summed E-state index contributed by atoms with van der Waals surface area (Å²) in [6.07, 6.45) is -2.95. The zero-order chi connectivity index (χ0) is 35.1. The van der Waals surface area contributed by atoms with E-state index < -0.39 is 49.0 Å². The van der Waals surface area contributed by atoms with E-state index in [1.807, 2.05) is 11.4 Å². The average molecular weight is 701 g/mol. The first kappa shape index (κ1) is 33.2. The minimum absolute atomic E-state index is 0.00559. The van der Waals surface area contributed by atoms with Crippen LogP contribution in [0.5, 0.6) is 0 Å². The lowest BCUT2D eigenvalue weighted by atomic mass is 10.00. The van der Waals surface area contributed by atoms with Crippen LogP contribution in [-0.2, 0) is 9.53 Å². The topological polar surface area (TPSA) is 177 Å². The molecule has 19 heteroatoms. The summed E-state index contributed by atoms with van der Waals surface area (Å²) in [6, 6.07) is 9.95. The Kier molecular flexibility index (Phi) is 8.62. The molecule has 2 atom stereocenters. The number of hydrogen-bond acceptors (Lipinski definition) is 10. The smallest absolute Gasteiger partial charge is 0.411 e. The number of nitrogens with zero attached hydrogens (tertiary/aromatic N) is 8. The number of benzene rings is 2. The standard InChI is InChI=1S/C30H22ClF5N10O3/c31-20-6-5-17(9-19(20)24-41-14-42-46(24)26(32)33)21(13-49-28(48)44-29(7-8-29)30(34,35)36)45-25(47)23(43-27(45)38)16-3-1-15(2-4-16)18-11-39-22(10-37)40-12-18/h1-6,9,11-12,14,21,23,26H,7-8,13H2,(H2,38,43)(H,44,48)/t21-,23-/m1/s1. The second kappa shape index (κ2) is 12.7. The van der Waals surface area contributed by atoms with Crippen LogP contribution in [0.15, 0.2) is 66.2 Å². The van der Waals surface area contributed by atoms with E-state index in [9.17, 15) is 31.5 Å². The number of aliphatic imine (C=N–C) groups is 1. The second-order valence-corrected chi connectivity index (χ2v) is 11.4. The number of hydrogen-bond donors (Lipinski definition) is 2. The van der Waals surface area contributed by atoms with Crippen LogP contribution in [0.4, 0.5) is 26.7 Å². The maximum atomic E-state index is 13.9. The summed E-state index contributed by atoms with van der Waals surface area (Å²) >= 11 is 6.33. The Bertz CT molecular complexity index is 1980. The van der Waals surface area contributed by atoms with E-state index in [0.717, 1.165) is 11.2 Å². The van der Waals surface area contributed by atoms with E-state index in [4.69, 9.17) is 27.3 Å². The number of nitrogens with one attached hydrogen (secondary N) is 1. The zero-order valence-corrected chi connectivity index (χ0v) is 25.5. The molecule has 13 nitrogen and oxygen atoms in total. The van der Waals surface area contributed by atoms with Crippen LogP contribution < -0.4 is 11.1 Å². The van der Waals surface area contributed by atoms with Crippen molar-refractivity contribution in [1.29, 1.82) is 5.26 Å². The molecule has 1 fully saturated rings. The van der Waals surface area contributed by atoms with Gasteiger partial charge in [0.1, 0.15) is 24.5 Å². The Balaban J connectivity index is 1.30. The number of nitrogens with two attached hydrogens (primary N) is 1. The number of aromatic nitrogens is 5. The van der Waals surface area contributed by atoms with Crippen molar-refractivity contribution in [3.05, 3.63) is 83.2 Å². The quantitative estimate of drug-likeness (QED) is 0.225. The van der Waals surface area contributed by atoms with Crippen molar-refractivity contribution in [2.45, 2.75) is 43.2 Å². The van der Waals surface area contributed by atoms with Gasteiger partial charge in [0.15, 0.2) is 17.8 Å². The summed E-state index contributed by atoms with van der Waals surface area (Å²) in [5.41, 5.74) is 5.62. The van der Waals surface area contributed by atoms with Crippen molar-refractivity contribution in [2.75, 3.05) is 6.61 Å². The van der Waals surface area contributed by atoms with Gasteiger partial charge in [0.2, 0.25) is 5.82 Å². The Morgan fingerprint density at radius 3 is 2.43 bits per heavy atom. The number of amides is 2. The van der Waals surface area contributed by atoms with Gasteiger partial charge in [0.05, 0.1) is 11.1 Å². The molecule has 2 aliphatic rings. The molecule has 2 amide bonds. The highest BCUT2D eigenvalue weighted by molar-refractivity contribution is 6.33. The van der Waals surface area contributed by atoms with Gasteiger partial charge in [0.25, 0.3) is 5.91 Å². The predicted molar refractivity (Wildman–Crippen MR) is 160 cm³/mol. The zero-order valence-electron chi connectivity index (χ0n) is 24.8. The third-order valence-corrected chi connectivity index (χ3v) is 8.31. The highest BCUT2D eigenvalue weighted by Crippen LogP contribution is 2.49. The van der Waals surface area contributed by atoms with Crippen molar-refractivity contribution >= 4 is 29.6 Å². The molecule has 49 heavy (non-hydrogen) atoms. The van der Waals surface area contributed by atoms with Crippen LogP contribution in [0.1, 0.15) is 48.4 Å². The Hall–Kier alpha value is -5.70. The lowest BCUT2D eigenvalue weighted by Crippen LogP contribution is -2.49. The molecule has 252 valence electrons. The molecular weight excluding hydrogens is 679 g/mol. The summed E-state index contributed by atoms with van der Waals surface area (Å²) in [4.78, 5) is 43.6. The first-order valence-electron chi connectivity index (χ1n) is 14.3. The molecule has 2 aromatic carbocycles. The number of ether oxygens (including phenoxy) is 1. The van der Waals surface area contributed by atoms with Crippen molar-refractivity contribution in [2.24, 2.45) is 10.7 Å². The number of alkyl carbamates (subject to hydrolysis) is 1. The molecule has 1 saturated carbocycles. The van der Waals surface area contributed by atoms with E-state index in [2.05, 4.69) is 25.0 Å². The maximum absolute atomic E-state index is 13.9. The summed E-state index contributed by atoms with van der Waals surface area (Å²) < 4.78 is 73.3. The monoisotopic (exact) mass is 700 g/mol. The minimum atomic E-state index is -4.71. The molecule has 0 spiro atoms. The SMILES string of the molecule is N#Cc1ncc(-c2ccc([C@H]3N=C(N)N([C@H](COC(=O)NC4(C(F)(F)F)CC4)c4ccc(Cl)c(-c5ncnn5C(F)F)c4)C3=O)cc2)cn1. The number of alkyl halides is 5. The minimum Gasteiger partial charge on any atom is -0.447 e. The van der Waals surface area contributed by atoms with Crippen LogP contribution in [0, 0.1) is 11.3 Å². The number of carbonyl (C=O) groups is 2. The molecule has 0 bridgehead atoms. The first-order chi connectivity index (χ1) is 23.3. The van der Waals surface area contributed by atoms with Gasteiger partial charge in [-0.15, -0.1) is 0 Å². The summed E-state index contributed by atoms with van der Waals surface area (Å²) in [5, 5.41) is 14.3. The molecule has 3 N–H and O–H groups in total. The molecule has 0 radical (unpaired) electrons. The molecule has 3 heterocycles. The molecular formula is C30H22ClF5N10O3. The number of halogens is 6. The van der Waals surface area contributed by atoms with Gasteiger partial charge in [-0.25, -0.2) is 24.7 Å². The molecule has 4 aromatic rings. The molecule has 6 rings (SSSR count). The highest BCUT2D eigenvalue weighted by Gasteiger charge is 2.64. The van der Waals surface area contributed by atoms with E-state index in [1.165, 1.54) is 30.6 Å². The first-order valence-corrected chi connectivity index (χ1v) is 14.7. The highest BCUT2D eigenvalue weighted by atomic mass is 35.5. The number of carbonyl (C=O) groups excluding carboxylic acids is 2. The largest absolute Gasteiger partial charge is 0.447 e. The van der Waals surface area contributed by atoms with Crippen molar-refractivity contribution in [3.63, 3.8) is 0 Å². The van der Waals surface area contributed by atoms with Gasteiger partial charge in [-0.1, -0.05) is 41.9 Å². The van der Waals surface area contributed by atoms with Crippen LogP contribution in [0.25, 0.3) is 22.5 Å². The Labute approximate surface area is 278 Å². The third-order valence-electron chi connectivity index (χ3n) is 7.98. The fraction of sp³-hybridized carbons (Fsp3) is 0.267. The van der Waals surface area contributed by atoms with Gasteiger partial charge in [-0.05, 0) is 41.7 Å². The van der Waals surface area contributed by atoms with Gasteiger partial charge < -0.3 is 15.8 Å². The summed E-state index contributed by atoms with van der Waals surface area (Å²) in [6.45, 7) is -3.79. The maximum Gasteiger partial charge on any atom is 0.411 e. The summed E-state index contributed by atoms with van der Waals surface area (Å²) in [5.74, 6) is -1.31. The predicted octanol–water partition coefficient (Wildman–Crippen LogP) is 5.08. The Morgan fingerprint density at radius 1 is 1.12 bits per heavy atom. The number of guanidine groups is 1. The van der Waals surface area contributed by atoms with Crippen molar-refractivity contribution < 1.29 is 36.3 Å². The number of nitriles is 1. The molecule has 0 saturated heterocycles. The van der Waals surface area contributed by atoms with E-state index >= 15 is 0 Å².